The van der Waals surface area contributed by atoms with Crippen molar-refractivity contribution in [2.75, 3.05) is 12.4 Å². The molecule has 3 aromatic rings. The van der Waals surface area contributed by atoms with Crippen LogP contribution >= 0.6 is 35.0 Å². The molecule has 0 aliphatic carbocycles. The molecule has 0 bridgehead atoms. The Hall–Kier alpha value is -2.42. The first-order valence-corrected chi connectivity index (χ1v) is 9.69. The average molecular weight is 440 g/mol. The molecule has 1 N–H and O–H groups in total. The number of amides is 1. The summed E-state index contributed by atoms with van der Waals surface area (Å²) in [6.45, 7) is 1.66. The number of methoxy groups -OCH3 is 1. The molecule has 1 unspecified atom stereocenters. The van der Waals surface area contributed by atoms with Crippen LogP contribution in [0, 0.1) is 0 Å². The van der Waals surface area contributed by atoms with E-state index < -0.39 is 11.2 Å². The summed E-state index contributed by atoms with van der Waals surface area (Å²) in [5, 5.41) is 18.7. The number of rotatable bonds is 6. The second-order valence-electron chi connectivity index (χ2n) is 5.63. The number of aromatic nitrogens is 2. The van der Waals surface area contributed by atoms with E-state index in [1.165, 1.54) is 4.68 Å². The van der Waals surface area contributed by atoms with Crippen LogP contribution in [0.2, 0.25) is 10.0 Å². The van der Waals surface area contributed by atoms with Crippen molar-refractivity contribution in [1.82, 2.24) is 5.27 Å². The predicted molar refractivity (Wildman–Crippen MR) is 104 cm³/mol. The second-order valence-corrected chi connectivity index (χ2v) is 7.74. The fraction of sp³-hybridized carbons (Fsp3) is 0.167. The topological polar surface area (TPSA) is 91.3 Å². The Bertz CT molecular complexity index is 995. The van der Waals surface area contributed by atoms with Crippen LogP contribution in [0.25, 0.3) is 5.69 Å². The van der Waals surface area contributed by atoms with Crippen LogP contribution in [-0.4, -0.2) is 23.5 Å². The van der Waals surface area contributed by atoms with Crippen molar-refractivity contribution >= 4 is 46.6 Å². The number of nitrogens with zero attached hydrogens (tertiary/aromatic N) is 2. The molecule has 2 aromatic carbocycles. The molecule has 0 saturated carbocycles. The number of anilines is 1. The minimum absolute atomic E-state index is 0.171. The summed E-state index contributed by atoms with van der Waals surface area (Å²) in [5.74, 6) is -0.326. The van der Waals surface area contributed by atoms with Crippen molar-refractivity contribution < 1.29 is 23.8 Å². The van der Waals surface area contributed by atoms with Crippen molar-refractivity contribution in [2.24, 2.45) is 0 Å². The molecule has 0 spiro atoms. The van der Waals surface area contributed by atoms with Crippen molar-refractivity contribution in [2.45, 2.75) is 17.2 Å². The minimum Gasteiger partial charge on any atom is -0.538 e. The van der Waals surface area contributed by atoms with Crippen molar-refractivity contribution in [3.63, 3.8) is 0 Å². The van der Waals surface area contributed by atoms with Crippen LogP contribution in [0.5, 0.6) is 11.7 Å². The fourth-order valence-electron chi connectivity index (χ4n) is 2.28. The van der Waals surface area contributed by atoms with Crippen LogP contribution in [0.3, 0.4) is 0 Å². The molecule has 7 nitrogen and oxygen atoms in total. The van der Waals surface area contributed by atoms with Crippen molar-refractivity contribution in [3.8, 4) is 17.4 Å². The summed E-state index contributed by atoms with van der Waals surface area (Å²) in [6, 6.07) is 11.8. The molecule has 28 heavy (non-hydrogen) atoms. The van der Waals surface area contributed by atoms with E-state index in [0.29, 0.717) is 22.1 Å². The van der Waals surface area contributed by atoms with E-state index in [-0.39, 0.29) is 16.0 Å². The lowest BCUT2D eigenvalue weighted by Gasteiger charge is -2.12. The Morgan fingerprint density at radius 2 is 2.00 bits per heavy atom. The Morgan fingerprint density at radius 1 is 1.29 bits per heavy atom. The third-order valence-corrected chi connectivity index (χ3v) is 5.71. The van der Waals surface area contributed by atoms with E-state index in [4.69, 9.17) is 32.5 Å². The Morgan fingerprint density at radius 3 is 2.68 bits per heavy atom. The van der Waals surface area contributed by atoms with E-state index in [1.807, 2.05) is 0 Å². The summed E-state index contributed by atoms with van der Waals surface area (Å²) in [4.78, 5) is 12.5. The monoisotopic (exact) mass is 439 g/mol. The molecule has 1 heterocycles. The zero-order valence-corrected chi connectivity index (χ0v) is 17.1. The van der Waals surface area contributed by atoms with Crippen LogP contribution < -0.4 is 19.8 Å². The highest BCUT2D eigenvalue weighted by molar-refractivity contribution is 8.00. The van der Waals surface area contributed by atoms with Gasteiger partial charge in [-0.3, -0.25) is 4.79 Å². The number of carbonyl (C=O) groups excluding carboxylic acids is 1. The van der Waals surface area contributed by atoms with Gasteiger partial charge in [0.2, 0.25) is 11.6 Å². The van der Waals surface area contributed by atoms with E-state index in [0.717, 1.165) is 11.8 Å². The Labute approximate surface area is 175 Å². The van der Waals surface area contributed by atoms with Crippen LogP contribution in [0.4, 0.5) is 5.69 Å². The van der Waals surface area contributed by atoms with Crippen LogP contribution in [0.15, 0.2) is 52.0 Å². The smallest absolute Gasteiger partial charge is 0.298 e. The molecule has 1 aromatic heterocycles. The first-order valence-electron chi connectivity index (χ1n) is 8.05. The van der Waals surface area contributed by atoms with Gasteiger partial charge < -0.3 is 19.7 Å². The molecule has 0 aliphatic heterocycles. The highest BCUT2D eigenvalue weighted by Crippen LogP contribution is 2.32. The standard InChI is InChI=1S/C18H15Cl2N3O4S/c1-10(16(24)21-14-5-3-4-13(19)15(14)20)28-17-18(25)27-22-23(17)11-6-8-12(26-2)9-7-11/h3-10H,1-2H3,(H-,21,22,24,25). The Kier molecular flexibility index (Phi) is 6.33. The molecule has 1 atom stereocenters. The van der Waals surface area contributed by atoms with Gasteiger partial charge >= 0.3 is 0 Å². The lowest BCUT2D eigenvalue weighted by molar-refractivity contribution is -0.705. The Balaban J connectivity index is 1.78. The number of carbonyl (C=O) groups is 1. The number of benzene rings is 2. The summed E-state index contributed by atoms with van der Waals surface area (Å²) in [7, 11) is 1.56. The number of hydrogen-bond acceptors (Lipinski definition) is 6. The molecule has 146 valence electrons. The van der Waals surface area contributed by atoms with Gasteiger partial charge in [0.05, 0.1) is 33.4 Å². The van der Waals surface area contributed by atoms with Gasteiger partial charge in [-0.2, -0.15) is 0 Å². The third-order valence-electron chi connectivity index (χ3n) is 3.76. The quantitative estimate of drug-likeness (QED) is 0.466. The zero-order chi connectivity index (χ0) is 20.3. The SMILES string of the molecule is COc1ccc(-[n+]2noc([O-])c2SC(C)C(=O)Nc2cccc(Cl)c2Cl)cc1. The number of ether oxygens (including phenoxy) is 1. The van der Waals surface area contributed by atoms with Gasteiger partial charge in [0.15, 0.2) is 5.95 Å². The third kappa shape index (κ3) is 4.35. The number of nitrogens with one attached hydrogen (secondary N) is 1. The molecule has 0 radical (unpaired) electrons. The molecule has 0 aliphatic rings. The number of thioether (sulfide) groups is 1. The maximum atomic E-state index is 12.5. The van der Waals surface area contributed by atoms with Gasteiger partial charge in [-0.15, -0.1) is 0 Å². The maximum absolute atomic E-state index is 12.5. The summed E-state index contributed by atoms with van der Waals surface area (Å²) >= 11 is 13.1. The fourth-order valence-corrected chi connectivity index (χ4v) is 3.50. The molecule has 0 saturated heterocycles. The van der Waals surface area contributed by atoms with Crippen molar-refractivity contribution in [1.29, 1.82) is 0 Å². The number of halogens is 2. The first-order chi connectivity index (χ1) is 13.4. The first kappa shape index (κ1) is 20.3. The number of hydrogen-bond donors (Lipinski definition) is 1. The van der Waals surface area contributed by atoms with E-state index >= 15 is 0 Å². The van der Waals surface area contributed by atoms with Crippen molar-refractivity contribution in [3.05, 3.63) is 52.5 Å². The largest absolute Gasteiger partial charge is 0.538 e. The lowest BCUT2D eigenvalue weighted by Crippen LogP contribution is -2.36. The van der Waals surface area contributed by atoms with Gasteiger partial charge in [0.25, 0.3) is 5.03 Å². The van der Waals surface area contributed by atoms with E-state index in [1.54, 1.807) is 56.5 Å². The predicted octanol–water partition coefficient (Wildman–Crippen LogP) is 3.46. The highest BCUT2D eigenvalue weighted by Gasteiger charge is 2.27. The normalized spacial score (nSPS) is 11.9. The van der Waals surface area contributed by atoms with Gasteiger partial charge in [-0.1, -0.05) is 29.3 Å². The van der Waals surface area contributed by atoms with E-state index in [2.05, 4.69) is 10.6 Å². The highest BCUT2D eigenvalue weighted by atomic mass is 35.5. The average Bonchev–Trinajstić information content (AvgIpc) is 3.05. The van der Waals surface area contributed by atoms with Gasteiger partial charge in [0, 0.05) is 12.1 Å². The van der Waals surface area contributed by atoms with Crippen LogP contribution in [-0.2, 0) is 4.79 Å². The minimum atomic E-state index is -0.638. The lowest BCUT2D eigenvalue weighted by atomic mass is 10.3. The maximum Gasteiger partial charge on any atom is 0.298 e. The molecule has 1 amide bonds. The zero-order valence-electron chi connectivity index (χ0n) is 14.8. The second kappa shape index (κ2) is 8.72. The summed E-state index contributed by atoms with van der Waals surface area (Å²) < 4.78 is 11.2. The molecule has 10 heteroatoms. The van der Waals surface area contributed by atoms with Gasteiger partial charge in [-0.25, -0.2) is 0 Å². The summed E-state index contributed by atoms with van der Waals surface area (Å²) in [5.41, 5.74) is 0.988. The molecular weight excluding hydrogens is 425 g/mol. The van der Waals surface area contributed by atoms with Gasteiger partial charge in [-0.05, 0) is 47.6 Å². The molecule has 3 rings (SSSR count). The van der Waals surface area contributed by atoms with Gasteiger partial charge in [0.1, 0.15) is 5.75 Å². The van der Waals surface area contributed by atoms with Crippen LogP contribution in [0.1, 0.15) is 6.92 Å². The molecule has 0 fully saturated rings. The molecular formula is C18H15Cl2N3O4S. The van der Waals surface area contributed by atoms with E-state index in [9.17, 15) is 9.90 Å². The summed E-state index contributed by atoms with van der Waals surface area (Å²) in [6.07, 6.45) is 0.